The minimum Gasteiger partial charge on any atom is -0.289 e. The van der Waals surface area contributed by atoms with E-state index in [1.54, 1.807) is 18.0 Å². The molecule has 0 aliphatic heterocycles. The van der Waals surface area contributed by atoms with Gasteiger partial charge in [0.15, 0.2) is 5.75 Å². The molecule has 2 nitrogen and oxygen atoms in total. The standard InChI is InChI=1S/C27H29ClNOS/c1-26(2,3)19-14-18(25(30)22(15-19)27(4,5)6)17-29-23-12-7-8-13-24(23)31-21-11-9-10-20(28)16-21/h7-17H,1-6H3. The highest BCUT2D eigenvalue weighted by atomic mass is 35.5. The molecule has 0 spiro atoms. The fraction of sp³-hybridized carbons (Fsp3) is 0.296. The predicted molar refractivity (Wildman–Crippen MR) is 133 cm³/mol. The molecule has 0 atom stereocenters. The summed E-state index contributed by atoms with van der Waals surface area (Å²) >= 11 is 7.74. The van der Waals surface area contributed by atoms with Gasteiger partial charge in [0, 0.05) is 32.2 Å². The van der Waals surface area contributed by atoms with Crippen LogP contribution >= 0.6 is 23.4 Å². The summed E-state index contributed by atoms with van der Waals surface area (Å²) in [7, 11) is 0. The number of hydrogen-bond donors (Lipinski definition) is 0. The molecule has 161 valence electrons. The predicted octanol–water partition coefficient (Wildman–Crippen LogP) is 8.98. The van der Waals surface area contributed by atoms with E-state index >= 15 is 0 Å². The number of aliphatic imine (C=N–C) groups is 1. The highest BCUT2D eigenvalue weighted by Gasteiger charge is 2.25. The second-order valence-electron chi connectivity index (χ2n) is 9.73. The van der Waals surface area contributed by atoms with Crippen molar-refractivity contribution in [2.45, 2.75) is 62.2 Å². The van der Waals surface area contributed by atoms with Crippen molar-refractivity contribution in [3.63, 3.8) is 0 Å². The third kappa shape index (κ3) is 5.93. The Hall–Kier alpha value is -2.23. The zero-order chi connectivity index (χ0) is 22.8. The van der Waals surface area contributed by atoms with Crippen molar-refractivity contribution in [3.8, 4) is 5.75 Å². The van der Waals surface area contributed by atoms with E-state index in [4.69, 9.17) is 16.6 Å². The quantitative estimate of drug-likeness (QED) is 0.365. The second kappa shape index (κ2) is 9.10. The first-order valence-electron chi connectivity index (χ1n) is 10.4. The van der Waals surface area contributed by atoms with Gasteiger partial charge in [-0.25, -0.2) is 0 Å². The molecule has 0 unspecified atom stereocenters. The molecule has 0 aromatic heterocycles. The summed E-state index contributed by atoms with van der Waals surface area (Å²) in [5.74, 6) is 0.0456. The van der Waals surface area contributed by atoms with Crippen molar-refractivity contribution in [3.05, 3.63) is 82.4 Å². The lowest BCUT2D eigenvalue weighted by Gasteiger charge is -2.26. The number of rotatable bonds is 4. The molecule has 0 saturated heterocycles. The minimum atomic E-state index is -0.235. The molecule has 3 aromatic rings. The van der Waals surface area contributed by atoms with Gasteiger partial charge in [0.25, 0.3) is 0 Å². The van der Waals surface area contributed by atoms with E-state index < -0.39 is 0 Å². The van der Waals surface area contributed by atoms with Gasteiger partial charge < -0.3 is 0 Å². The van der Waals surface area contributed by atoms with Gasteiger partial charge in [0.05, 0.1) is 5.69 Å². The van der Waals surface area contributed by atoms with Gasteiger partial charge in [-0.2, -0.15) is 0 Å². The monoisotopic (exact) mass is 450 g/mol. The van der Waals surface area contributed by atoms with Gasteiger partial charge in [-0.1, -0.05) is 89.2 Å². The van der Waals surface area contributed by atoms with E-state index in [0.717, 1.165) is 26.6 Å². The van der Waals surface area contributed by atoms with E-state index in [-0.39, 0.29) is 16.6 Å². The molecule has 0 amide bonds. The van der Waals surface area contributed by atoms with Crippen LogP contribution in [0.1, 0.15) is 58.2 Å². The van der Waals surface area contributed by atoms with Gasteiger partial charge in [-0.15, -0.1) is 0 Å². The van der Waals surface area contributed by atoms with Crippen LogP contribution in [0.5, 0.6) is 5.75 Å². The van der Waals surface area contributed by atoms with Gasteiger partial charge in [0.2, 0.25) is 0 Å². The van der Waals surface area contributed by atoms with E-state index in [1.165, 1.54) is 0 Å². The van der Waals surface area contributed by atoms with Crippen molar-refractivity contribution in [2.75, 3.05) is 0 Å². The molecule has 3 aromatic carbocycles. The molecule has 0 N–H and O–H groups in total. The first kappa shape index (κ1) is 23.4. The lowest BCUT2D eigenvalue weighted by atomic mass is 9.79. The maximum absolute atomic E-state index is 13.2. The Balaban J connectivity index is 2.02. The van der Waals surface area contributed by atoms with Gasteiger partial charge >= 0.3 is 0 Å². The smallest absolute Gasteiger partial charge is 0.191 e. The van der Waals surface area contributed by atoms with Crippen LogP contribution in [0.4, 0.5) is 5.69 Å². The van der Waals surface area contributed by atoms with Crippen molar-refractivity contribution in [2.24, 2.45) is 4.99 Å². The van der Waals surface area contributed by atoms with Crippen LogP contribution in [0.3, 0.4) is 0 Å². The summed E-state index contributed by atoms with van der Waals surface area (Å²) in [6.07, 6.45) is 1.71. The van der Waals surface area contributed by atoms with Gasteiger partial charge in [-0.3, -0.25) is 10.1 Å². The van der Waals surface area contributed by atoms with Crippen molar-refractivity contribution in [1.29, 1.82) is 0 Å². The van der Waals surface area contributed by atoms with Crippen LogP contribution in [0.2, 0.25) is 5.02 Å². The number of hydrogen-bond acceptors (Lipinski definition) is 2. The zero-order valence-electron chi connectivity index (χ0n) is 19.0. The lowest BCUT2D eigenvalue weighted by Crippen LogP contribution is -2.17. The zero-order valence-corrected chi connectivity index (χ0v) is 20.6. The molecular weight excluding hydrogens is 422 g/mol. The molecule has 0 saturated carbocycles. The molecule has 31 heavy (non-hydrogen) atoms. The molecule has 0 aliphatic carbocycles. The Bertz CT molecular complexity index is 1110. The number of benzene rings is 3. The van der Waals surface area contributed by atoms with Crippen LogP contribution in [-0.4, -0.2) is 6.21 Å². The molecule has 0 bridgehead atoms. The van der Waals surface area contributed by atoms with E-state index in [1.807, 2.05) is 54.6 Å². The Kier molecular flexibility index (Phi) is 6.88. The summed E-state index contributed by atoms with van der Waals surface area (Å²) in [4.78, 5) is 6.78. The third-order valence-electron chi connectivity index (χ3n) is 5.02. The lowest BCUT2D eigenvalue weighted by molar-refractivity contribution is 0.339. The van der Waals surface area contributed by atoms with Crippen molar-refractivity contribution < 1.29 is 5.11 Å². The minimum absolute atomic E-state index is 0.0456. The van der Waals surface area contributed by atoms with Crippen LogP contribution in [0.25, 0.3) is 0 Å². The Morgan fingerprint density at radius 1 is 0.871 bits per heavy atom. The maximum Gasteiger partial charge on any atom is 0.191 e. The van der Waals surface area contributed by atoms with E-state index in [9.17, 15) is 5.11 Å². The first-order chi connectivity index (χ1) is 14.4. The fourth-order valence-corrected chi connectivity index (χ4v) is 4.40. The summed E-state index contributed by atoms with van der Waals surface area (Å²) in [6.45, 7) is 12.7. The van der Waals surface area contributed by atoms with Crippen LogP contribution < -0.4 is 0 Å². The second-order valence-corrected chi connectivity index (χ2v) is 11.3. The molecule has 0 heterocycles. The average molecular weight is 451 g/mol. The largest absolute Gasteiger partial charge is 0.289 e. The topological polar surface area (TPSA) is 32.3 Å². The molecule has 3 rings (SSSR count). The maximum atomic E-state index is 13.2. The number of nitrogens with zero attached hydrogens (tertiary/aromatic N) is 1. The molecule has 0 fully saturated rings. The SMILES string of the molecule is CC(C)(C)c1cc(C=Nc2ccccc2Sc2cccc(Cl)c2)c([O])c(C(C)(C)C)c1. The molecular formula is C27H29ClNOS. The van der Waals surface area contributed by atoms with Gasteiger partial charge in [-0.05, 0) is 52.8 Å². The molecule has 0 aliphatic rings. The Morgan fingerprint density at radius 3 is 2.23 bits per heavy atom. The summed E-state index contributed by atoms with van der Waals surface area (Å²) in [5.41, 5.74) is 3.12. The van der Waals surface area contributed by atoms with Crippen LogP contribution in [0.15, 0.2) is 75.4 Å². The highest BCUT2D eigenvalue weighted by molar-refractivity contribution is 7.99. The normalized spacial score (nSPS) is 12.5. The van der Waals surface area contributed by atoms with Crippen molar-refractivity contribution >= 4 is 35.3 Å². The summed E-state index contributed by atoms with van der Waals surface area (Å²) in [6, 6.07) is 19.7. The van der Waals surface area contributed by atoms with E-state index in [0.29, 0.717) is 10.6 Å². The van der Waals surface area contributed by atoms with E-state index in [2.05, 4.69) is 47.6 Å². The fourth-order valence-electron chi connectivity index (χ4n) is 3.18. The first-order valence-corrected chi connectivity index (χ1v) is 11.6. The number of halogens is 1. The van der Waals surface area contributed by atoms with Crippen LogP contribution in [0, 0.1) is 0 Å². The molecule has 1 radical (unpaired) electrons. The molecule has 4 heteroatoms. The average Bonchev–Trinajstić information content (AvgIpc) is 2.66. The van der Waals surface area contributed by atoms with Gasteiger partial charge in [0.1, 0.15) is 0 Å². The highest BCUT2D eigenvalue weighted by Crippen LogP contribution is 2.39. The summed E-state index contributed by atoms with van der Waals surface area (Å²) < 4.78 is 0. The third-order valence-corrected chi connectivity index (χ3v) is 6.31. The summed E-state index contributed by atoms with van der Waals surface area (Å²) in [5, 5.41) is 13.9. The number of para-hydroxylation sites is 1. The van der Waals surface area contributed by atoms with Crippen molar-refractivity contribution in [1.82, 2.24) is 0 Å². The van der Waals surface area contributed by atoms with Crippen LogP contribution in [-0.2, 0) is 15.9 Å². The Labute approximate surface area is 195 Å². The Morgan fingerprint density at radius 2 is 1.58 bits per heavy atom.